The minimum absolute atomic E-state index is 0.0333. The van der Waals surface area contributed by atoms with E-state index < -0.39 is 0 Å². The predicted octanol–water partition coefficient (Wildman–Crippen LogP) is 3.76. The van der Waals surface area contributed by atoms with Crippen molar-refractivity contribution in [2.45, 2.75) is 39.7 Å². The Labute approximate surface area is 120 Å². The van der Waals surface area contributed by atoms with Crippen molar-refractivity contribution in [2.24, 2.45) is 0 Å². The van der Waals surface area contributed by atoms with Gasteiger partial charge in [0.05, 0.1) is 11.8 Å². The van der Waals surface area contributed by atoms with Gasteiger partial charge in [0.25, 0.3) is 0 Å². The third-order valence-electron chi connectivity index (χ3n) is 2.99. The quantitative estimate of drug-likeness (QED) is 0.744. The van der Waals surface area contributed by atoms with Crippen LogP contribution in [0.25, 0.3) is 0 Å². The molecule has 0 saturated carbocycles. The van der Waals surface area contributed by atoms with Crippen molar-refractivity contribution in [3.8, 4) is 5.75 Å². The summed E-state index contributed by atoms with van der Waals surface area (Å²) < 4.78 is 5.92. The standard InChI is InChI=1S/C15H22ClNO2/c1-5-6-12(3)19-14-8-7-11(2)9-13(14)17(4)15(18)10-16/h7-9,12H,5-6,10H2,1-4H3. The lowest BCUT2D eigenvalue weighted by Gasteiger charge is -2.23. The normalized spacial score (nSPS) is 12.1. The molecule has 19 heavy (non-hydrogen) atoms. The fourth-order valence-electron chi connectivity index (χ4n) is 1.90. The molecule has 0 N–H and O–H groups in total. The summed E-state index contributed by atoms with van der Waals surface area (Å²) in [7, 11) is 1.72. The maximum absolute atomic E-state index is 11.7. The number of benzene rings is 1. The molecule has 0 aliphatic carbocycles. The molecule has 1 aromatic carbocycles. The lowest BCUT2D eigenvalue weighted by atomic mass is 10.2. The van der Waals surface area contributed by atoms with Crippen LogP contribution in [-0.2, 0) is 4.79 Å². The number of hydrogen-bond acceptors (Lipinski definition) is 2. The van der Waals surface area contributed by atoms with Gasteiger partial charge in [-0.2, -0.15) is 0 Å². The Morgan fingerprint density at radius 1 is 1.47 bits per heavy atom. The molecule has 0 heterocycles. The molecule has 0 aliphatic heterocycles. The minimum atomic E-state index is -0.139. The zero-order chi connectivity index (χ0) is 14.4. The zero-order valence-corrected chi connectivity index (χ0v) is 12.8. The van der Waals surface area contributed by atoms with Crippen LogP contribution in [0.5, 0.6) is 5.75 Å². The second-order valence-corrected chi connectivity index (χ2v) is 5.04. The number of hydrogen-bond donors (Lipinski definition) is 0. The van der Waals surface area contributed by atoms with Crippen molar-refractivity contribution in [1.29, 1.82) is 0 Å². The summed E-state index contributed by atoms with van der Waals surface area (Å²) in [5.41, 5.74) is 1.85. The van der Waals surface area contributed by atoms with E-state index >= 15 is 0 Å². The molecule has 1 atom stereocenters. The Balaban J connectivity index is 3.00. The lowest BCUT2D eigenvalue weighted by molar-refractivity contribution is -0.116. The monoisotopic (exact) mass is 283 g/mol. The van der Waals surface area contributed by atoms with Gasteiger partial charge in [0.15, 0.2) is 0 Å². The average Bonchev–Trinajstić information content (AvgIpc) is 2.39. The molecule has 1 unspecified atom stereocenters. The van der Waals surface area contributed by atoms with Gasteiger partial charge in [-0.3, -0.25) is 4.79 Å². The Morgan fingerprint density at radius 2 is 2.16 bits per heavy atom. The van der Waals surface area contributed by atoms with Gasteiger partial charge in [0.2, 0.25) is 5.91 Å². The zero-order valence-electron chi connectivity index (χ0n) is 12.1. The number of nitrogens with zero attached hydrogens (tertiary/aromatic N) is 1. The topological polar surface area (TPSA) is 29.5 Å². The summed E-state index contributed by atoms with van der Waals surface area (Å²) in [6.45, 7) is 6.15. The molecule has 0 radical (unpaired) electrons. The molecule has 1 amide bonds. The summed E-state index contributed by atoms with van der Waals surface area (Å²) >= 11 is 5.61. The smallest absolute Gasteiger partial charge is 0.241 e. The van der Waals surface area contributed by atoms with E-state index in [-0.39, 0.29) is 17.9 Å². The van der Waals surface area contributed by atoms with Crippen molar-refractivity contribution in [2.75, 3.05) is 17.8 Å². The molecule has 0 aliphatic rings. The summed E-state index contributed by atoms with van der Waals surface area (Å²) in [6.07, 6.45) is 2.19. The first-order valence-electron chi connectivity index (χ1n) is 6.59. The fraction of sp³-hybridized carbons (Fsp3) is 0.533. The number of anilines is 1. The van der Waals surface area contributed by atoms with Crippen LogP contribution in [0.3, 0.4) is 0 Å². The first kappa shape index (κ1) is 15.8. The number of alkyl halides is 1. The van der Waals surface area contributed by atoms with Crippen LogP contribution >= 0.6 is 11.6 Å². The van der Waals surface area contributed by atoms with Gasteiger partial charge >= 0.3 is 0 Å². The average molecular weight is 284 g/mol. The molecule has 106 valence electrons. The number of carbonyl (C=O) groups excluding carboxylic acids is 1. The van der Waals surface area contributed by atoms with Crippen LogP contribution in [0, 0.1) is 6.92 Å². The number of ether oxygens (including phenoxy) is 1. The summed E-state index contributed by atoms with van der Waals surface area (Å²) in [4.78, 5) is 13.3. The Bertz CT molecular complexity index is 434. The molecule has 0 fully saturated rings. The highest BCUT2D eigenvalue weighted by Gasteiger charge is 2.16. The largest absolute Gasteiger partial charge is 0.489 e. The maximum Gasteiger partial charge on any atom is 0.241 e. The second kappa shape index (κ2) is 7.39. The van der Waals surface area contributed by atoms with Gasteiger partial charge in [0.1, 0.15) is 11.6 Å². The summed E-state index contributed by atoms with van der Waals surface area (Å²) in [5.74, 6) is 0.557. The van der Waals surface area contributed by atoms with Crippen LogP contribution in [0.2, 0.25) is 0 Å². The van der Waals surface area contributed by atoms with E-state index in [2.05, 4.69) is 6.92 Å². The van der Waals surface area contributed by atoms with Crippen molar-refractivity contribution < 1.29 is 9.53 Å². The number of aryl methyl sites for hydroxylation is 1. The van der Waals surface area contributed by atoms with Crippen LogP contribution in [-0.4, -0.2) is 24.9 Å². The number of amides is 1. The Hall–Kier alpha value is -1.22. The van der Waals surface area contributed by atoms with Crippen molar-refractivity contribution in [1.82, 2.24) is 0 Å². The van der Waals surface area contributed by atoms with Crippen LogP contribution in [0.1, 0.15) is 32.3 Å². The Kier molecular flexibility index (Phi) is 6.16. The molecule has 0 bridgehead atoms. The molecule has 1 aromatic rings. The van der Waals surface area contributed by atoms with E-state index in [1.54, 1.807) is 11.9 Å². The van der Waals surface area contributed by atoms with Gasteiger partial charge in [-0.25, -0.2) is 0 Å². The van der Waals surface area contributed by atoms with Gasteiger partial charge in [-0.15, -0.1) is 11.6 Å². The van der Waals surface area contributed by atoms with Crippen LogP contribution < -0.4 is 9.64 Å². The minimum Gasteiger partial charge on any atom is -0.489 e. The van der Waals surface area contributed by atoms with Crippen molar-refractivity contribution in [3.05, 3.63) is 23.8 Å². The molecule has 0 aromatic heterocycles. The van der Waals surface area contributed by atoms with E-state index in [0.717, 1.165) is 29.8 Å². The molecule has 3 nitrogen and oxygen atoms in total. The number of rotatable bonds is 6. The fourth-order valence-corrected chi connectivity index (χ4v) is 2.07. The molecule has 1 rings (SSSR count). The van der Waals surface area contributed by atoms with Gasteiger partial charge in [-0.05, 0) is 38.0 Å². The molecular formula is C15H22ClNO2. The Morgan fingerprint density at radius 3 is 2.74 bits per heavy atom. The second-order valence-electron chi connectivity index (χ2n) is 4.77. The first-order valence-corrected chi connectivity index (χ1v) is 7.12. The first-order chi connectivity index (χ1) is 8.99. The predicted molar refractivity (Wildman–Crippen MR) is 80.3 cm³/mol. The molecule has 4 heteroatoms. The highest BCUT2D eigenvalue weighted by atomic mass is 35.5. The van der Waals surface area contributed by atoms with Gasteiger partial charge < -0.3 is 9.64 Å². The summed E-state index contributed by atoms with van der Waals surface area (Å²) in [5, 5.41) is 0. The van der Waals surface area contributed by atoms with Gasteiger partial charge in [0, 0.05) is 7.05 Å². The third-order valence-corrected chi connectivity index (χ3v) is 3.22. The van der Waals surface area contributed by atoms with E-state index in [4.69, 9.17) is 16.3 Å². The lowest BCUT2D eigenvalue weighted by Crippen LogP contribution is -2.28. The van der Waals surface area contributed by atoms with Crippen molar-refractivity contribution in [3.63, 3.8) is 0 Å². The highest BCUT2D eigenvalue weighted by molar-refractivity contribution is 6.29. The maximum atomic E-state index is 11.7. The van der Waals surface area contributed by atoms with Crippen LogP contribution in [0.4, 0.5) is 5.69 Å². The van der Waals surface area contributed by atoms with Gasteiger partial charge in [-0.1, -0.05) is 19.4 Å². The molecule has 0 saturated heterocycles. The van der Waals surface area contributed by atoms with E-state index in [1.165, 1.54) is 0 Å². The third kappa shape index (κ3) is 4.43. The van der Waals surface area contributed by atoms with E-state index in [0.29, 0.717) is 0 Å². The number of carbonyl (C=O) groups is 1. The molecule has 0 spiro atoms. The number of halogens is 1. The van der Waals surface area contributed by atoms with E-state index in [9.17, 15) is 4.79 Å². The highest BCUT2D eigenvalue weighted by Crippen LogP contribution is 2.30. The van der Waals surface area contributed by atoms with E-state index in [1.807, 2.05) is 32.0 Å². The SMILES string of the molecule is CCCC(C)Oc1ccc(C)cc1N(C)C(=O)CCl. The van der Waals surface area contributed by atoms with Crippen molar-refractivity contribution >= 4 is 23.2 Å². The molecular weight excluding hydrogens is 262 g/mol. The van der Waals surface area contributed by atoms with Crippen LogP contribution in [0.15, 0.2) is 18.2 Å². The summed E-state index contributed by atoms with van der Waals surface area (Å²) in [6, 6.07) is 5.84.